The van der Waals surface area contributed by atoms with Gasteiger partial charge in [0.05, 0.1) is 11.6 Å². The Kier molecular flexibility index (Phi) is 11.6. The smallest absolute Gasteiger partial charge is 0.343 e. The van der Waals surface area contributed by atoms with Crippen molar-refractivity contribution in [1.82, 2.24) is 29.5 Å². The maximum atomic E-state index is 5.50. The van der Waals surface area contributed by atoms with E-state index in [1.54, 1.807) is 9.36 Å². The number of rotatable bonds is 7. The van der Waals surface area contributed by atoms with Crippen LogP contribution in [0.25, 0.3) is 33.9 Å². The van der Waals surface area contributed by atoms with Gasteiger partial charge in [-0.05, 0) is 90.7 Å². The summed E-state index contributed by atoms with van der Waals surface area (Å²) in [7, 11) is 0. The molecular formula is C50H55N7Pt. The molecule has 0 bridgehead atoms. The van der Waals surface area contributed by atoms with Gasteiger partial charge < -0.3 is 9.36 Å². The van der Waals surface area contributed by atoms with Crippen molar-refractivity contribution in [1.29, 1.82) is 0 Å². The van der Waals surface area contributed by atoms with E-state index in [2.05, 4.69) is 191 Å². The van der Waals surface area contributed by atoms with Crippen LogP contribution >= 0.6 is 0 Å². The van der Waals surface area contributed by atoms with Gasteiger partial charge in [-0.1, -0.05) is 174 Å². The average molecular weight is 949 g/mol. The van der Waals surface area contributed by atoms with Crippen molar-refractivity contribution in [3.8, 4) is 33.9 Å². The second-order valence-corrected chi connectivity index (χ2v) is 19.1. The minimum Gasteiger partial charge on any atom is -0.343 e. The van der Waals surface area contributed by atoms with Gasteiger partial charge in [-0.3, -0.25) is 25.1 Å². The van der Waals surface area contributed by atoms with Crippen molar-refractivity contribution in [3.63, 3.8) is 0 Å². The van der Waals surface area contributed by atoms with E-state index >= 15 is 0 Å². The van der Waals surface area contributed by atoms with E-state index in [4.69, 9.17) is 20.2 Å². The van der Waals surface area contributed by atoms with E-state index in [-0.39, 0.29) is 42.7 Å². The summed E-state index contributed by atoms with van der Waals surface area (Å²) in [5.74, 6) is 2.75. The molecule has 4 heterocycles. The zero-order valence-corrected chi connectivity index (χ0v) is 38.2. The van der Waals surface area contributed by atoms with Crippen LogP contribution in [0.5, 0.6) is 0 Å². The molecule has 0 unspecified atom stereocenters. The first-order valence-corrected chi connectivity index (χ1v) is 19.8. The molecule has 0 atom stereocenters. The maximum Gasteiger partial charge on any atom is 2.00 e. The van der Waals surface area contributed by atoms with Crippen molar-refractivity contribution in [3.05, 3.63) is 150 Å². The topological polar surface area (TPSA) is 64.7 Å². The van der Waals surface area contributed by atoms with Crippen LogP contribution in [0.3, 0.4) is 0 Å². The van der Waals surface area contributed by atoms with Crippen molar-refractivity contribution in [2.24, 2.45) is 0 Å². The van der Waals surface area contributed by atoms with Crippen molar-refractivity contribution >= 4 is 17.3 Å². The van der Waals surface area contributed by atoms with Crippen LogP contribution in [0.15, 0.2) is 115 Å². The molecule has 4 aromatic heterocycles. The first kappa shape index (κ1) is 42.5. The summed E-state index contributed by atoms with van der Waals surface area (Å²) in [6.45, 7) is 26.6. The molecule has 58 heavy (non-hydrogen) atoms. The minimum absolute atomic E-state index is 0. The number of hydrogen-bond donors (Lipinski definition) is 0. The molecule has 3 aromatic carbocycles. The molecule has 300 valence electrons. The molecule has 0 aliphatic carbocycles. The predicted octanol–water partition coefficient (Wildman–Crippen LogP) is 12.4. The Hall–Kier alpha value is -5.13. The summed E-state index contributed by atoms with van der Waals surface area (Å²) in [6, 6.07) is 40.0. The number of pyridine rings is 2. The summed E-state index contributed by atoms with van der Waals surface area (Å²) >= 11 is 0. The summed E-state index contributed by atoms with van der Waals surface area (Å²) in [5.41, 5.74) is 8.71. The van der Waals surface area contributed by atoms with Gasteiger partial charge in [-0.25, -0.2) is 0 Å². The molecule has 0 aliphatic heterocycles. The van der Waals surface area contributed by atoms with Gasteiger partial charge in [0.25, 0.3) is 0 Å². The average Bonchev–Trinajstić information content (AvgIpc) is 3.87. The third-order valence-electron chi connectivity index (χ3n) is 10.3. The van der Waals surface area contributed by atoms with Crippen LogP contribution in [0.4, 0.5) is 17.3 Å². The normalized spacial score (nSPS) is 12.3. The third kappa shape index (κ3) is 8.95. The number of hydrogen-bond acceptors (Lipinski definition) is 5. The number of anilines is 3. The number of aromatic nitrogens is 6. The van der Waals surface area contributed by atoms with E-state index < -0.39 is 0 Å². The molecule has 0 saturated carbocycles. The molecule has 0 fully saturated rings. The van der Waals surface area contributed by atoms with Crippen molar-refractivity contribution < 1.29 is 21.1 Å². The van der Waals surface area contributed by atoms with Gasteiger partial charge in [0, 0.05) is 5.69 Å². The number of benzene rings is 3. The molecular weight excluding hydrogens is 894 g/mol. The van der Waals surface area contributed by atoms with Crippen molar-refractivity contribution in [2.75, 3.05) is 4.90 Å². The fourth-order valence-corrected chi connectivity index (χ4v) is 6.65. The molecule has 8 heteroatoms. The molecule has 7 nitrogen and oxygen atoms in total. The zero-order valence-electron chi connectivity index (χ0n) is 35.9. The Morgan fingerprint density at radius 1 is 0.466 bits per heavy atom. The first-order valence-electron chi connectivity index (χ1n) is 19.8. The molecule has 0 radical (unpaired) electrons. The Labute approximate surface area is 359 Å². The molecule has 7 aromatic rings. The Balaban J connectivity index is 0.00000567. The first-order chi connectivity index (χ1) is 26.8. The van der Waals surface area contributed by atoms with Gasteiger partial charge in [0.15, 0.2) is 0 Å². The fraction of sp³-hybridized carbons (Fsp3) is 0.320. The Morgan fingerprint density at radius 3 is 1.17 bits per heavy atom. The third-order valence-corrected chi connectivity index (χ3v) is 10.3. The van der Waals surface area contributed by atoms with Crippen LogP contribution in [0.2, 0.25) is 0 Å². The Morgan fingerprint density at radius 2 is 0.845 bits per heavy atom. The van der Waals surface area contributed by atoms with Crippen LogP contribution < -0.4 is 4.90 Å². The standard InChI is InChI=1S/C50H55N7.Pt/c1-47(2,3)36-31-37(48(4,5)6)33-38(32-36)57(43-25-23-39(34-19-15-13-16-20-34)45(51-43)55-29-27-41(53-55)49(7,8)9)44-26-24-40(35-21-17-14-18-22-35)46(52-44)56-30-28-42(54-56)50(10,11)12;/h13-28,31-33H,1-12H3;/q-2;+2. The van der Waals surface area contributed by atoms with Crippen molar-refractivity contribution in [2.45, 2.75) is 105 Å². The fourth-order valence-electron chi connectivity index (χ4n) is 6.65. The zero-order chi connectivity index (χ0) is 40.9. The molecule has 0 saturated heterocycles. The molecule has 0 amide bonds. The van der Waals surface area contributed by atoms with Gasteiger partial charge in [-0.15, -0.1) is 12.1 Å². The van der Waals surface area contributed by atoms with Crippen LogP contribution in [-0.4, -0.2) is 29.5 Å². The minimum atomic E-state index is -0.160. The van der Waals surface area contributed by atoms with E-state index in [0.717, 1.165) is 39.3 Å². The monoisotopic (exact) mass is 948 g/mol. The molecule has 0 spiro atoms. The van der Waals surface area contributed by atoms with Gasteiger partial charge >= 0.3 is 21.1 Å². The summed E-state index contributed by atoms with van der Waals surface area (Å²) in [5, 5.41) is 10.1. The SMILES string of the molecule is CC(C)(C)c1cc(N(c2ccc(-c3ccccc3)c(-n3[c-]cc(C(C)(C)C)n3)n2)c2ccc(-c3ccccc3)c(-n3[c-]cc(C(C)(C)C)n3)n2)cc(C(C)(C)C)c1.[Pt+2]. The second kappa shape index (κ2) is 15.9. The largest absolute Gasteiger partial charge is 2.00 e. The second-order valence-electron chi connectivity index (χ2n) is 19.1. The van der Waals surface area contributed by atoms with E-state index in [1.807, 2.05) is 24.3 Å². The quantitative estimate of drug-likeness (QED) is 0.149. The summed E-state index contributed by atoms with van der Waals surface area (Å²) < 4.78 is 3.59. The maximum absolute atomic E-state index is 5.50. The van der Waals surface area contributed by atoms with E-state index in [1.165, 1.54) is 11.1 Å². The van der Waals surface area contributed by atoms with Crippen LogP contribution in [-0.2, 0) is 42.7 Å². The van der Waals surface area contributed by atoms with Gasteiger partial charge in [0.1, 0.15) is 11.6 Å². The van der Waals surface area contributed by atoms with Crippen LogP contribution in [0, 0.1) is 12.4 Å². The van der Waals surface area contributed by atoms with E-state index in [0.29, 0.717) is 23.3 Å². The van der Waals surface area contributed by atoms with Crippen LogP contribution in [0.1, 0.15) is 106 Å². The summed E-state index contributed by atoms with van der Waals surface area (Å²) in [4.78, 5) is 13.2. The van der Waals surface area contributed by atoms with Gasteiger partial charge in [-0.2, -0.15) is 0 Å². The Bertz CT molecular complexity index is 2330. The molecule has 7 rings (SSSR count). The summed E-state index contributed by atoms with van der Waals surface area (Å²) in [6.07, 6.45) is 6.81. The molecule has 0 N–H and O–H groups in total. The predicted molar refractivity (Wildman–Crippen MR) is 234 cm³/mol. The molecule has 0 aliphatic rings. The number of nitrogens with zero attached hydrogens (tertiary/aromatic N) is 7. The van der Waals surface area contributed by atoms with Gasteiger partial charge in [0.2, 0.25) is 0 Å². The van der Waals surface area contributed by atoms with E-state index in [9.17, 15) is 0 Å².